The average molecular weight is 507 g/mol. The maximum Gasteiger partial charge on any atom is 0.407 e. The molecular formula is C23H28BrFN4O3. The molecule has 1 saturated carbocycles. The van der Waals surface area contributed by atoms with Crippen LogP contribution in [0.5, 0.6) is 0 Å². The number of anilines is 1. The molecule has 2 N–H and O–H groups in total. The topological polar surface area (TPSA) is 93.2 Å². The Bertz CT molecular complexity index is 995. The second-order valence-electron chi connectivity index (χ2n) is 9.24. The van der Waals surface area contributed by atoms with Gasteiger partial charge in [0.2, 0.25) is 0 Å². The summed E-state index contributed by atoms with van der Waals surface area (Å²) in [4.78, 5) is 33.1. The second-order valence-corrected chi connectivity index (χ2v) is 9.99. The number of carbonyl (C=O) groups is 2. The van der Waals surface area contributed by atoms with Crippen LogP contribution in [0.1, 0.15) is 68.9 Å². The minimum absolute atomic E-state index is 0.0197. The molecule has 0 unspecified atom stereocenters. The Labute approximate surface area is 195 Å². The van der Waals surface area contributed by atoms with E-state index in [2.05, 4.69) is 43.5 Å². The van der Waals surface area contributed by atoms with Crippen LogP contribution in [-0.4, -0.2) is 33.6 Å². The van der Waals surface area contributed by atoms with E-state index in [4.69, 9.17) is 4.74 Å². The van der Waals surface area contributed by atoms with Gasteiger partial charge in [-0.05, 0) is 91.6 Å². The SMILES string of the molecule is C[C@H]1C[C@@H](NC(=O)OC(C)(C)C)C[C@H](c2ccncc2NC(=O)c2ccc(F)c(Br)n2)C1. The Morgan fingerprint density at radius 1 is 1.19 bits per heavy atom. The molecule has 2 aromatic rings. The molecule has 3 rings (SSSR count). The number of carbonyl (C=O) groups excluding carboxylic acids is 2. The summed E-state index contributed by atoms with van der Waals surface area (Å²) in [6.07, 6.45) is 5.35. The summed E-state index contributed by atoms with van der Waals surface area (Å²) in [6.45, 7) is 7.65. The van der Waals surface area contributed by atoms with E-state index in [9.17, 15) is 14.0 Å². The largest absolute Gasteiger partial charge is 0.444 e. The van der Waals surface area contributed by atoms with Crippen LogP contribution in [0.3, 0.4) is 0 Å². The molecule has 9 heteroatoms. The van der Waals surface area contributed by atoms with E-state index >= 15 is 0 Å². The summed E-state index contributed by atoms with van der Waals surface area (Å²) in [5, 5.41) is 5.84. The second kappa shape index (κ2) is 9.94. The van der Waals surface area contributed by atoms with Crippen LogP contribution in [0.25, 0.3) is 0 Å². The monoisotopic (exact) mass is 506 g/mol. The molecule has 0 radical (unpaired) electrons. The van der Waals surface area contributed by atoms with Gasteiger partial charge in [-0.2, -0.15) is 0 Å². The lowest BCUT2D eigenvalue weighted by molar-refractivity contribution is 0.0482. The highest BCUT2D eigenvalue weighted by Gasteiger charge is 2.31. The van der Waals surface area contributed by atoms with Crippen molar-refractivity contribution in [3.8, 4) is 0 Å². The third-order valence-electron chi connectivity index (χ3n) is 5.24. The highest BCUT2D eigenvalue weighted by molar-refractivity contribution is 9.10. The molecule has 0 aromatic carbocycles. The Hall–Kier alpha value is -2.55. The first-order chi connectivity index (χ1) is 15.0. The standard InChI is InChI=1S/C23H28BrFN4O3/c1-13-9-14(11-15(10-13)27-22(31)32-23(2,3)4)16-7-8-26-12-19(16)29-21(30)18-6-5-17(25)20(24)28-18/h5-8,12-15H,9-11H2,1-4H3,(H,27,31)(H,29,30)/t13-,14-,15-/m1/s1. The molecule has 172 valence electrons. The summed E-state index contributed by atoms with van der Waals surface area (Å²) in [7, 11) is 0. The van der Waals surface area contributed by atoms with Gasteiger partial charge >= 0.3 is 6.09 Å². The third-order valence-corrected chi connectivity index (χ3v) is 5.80. The fraction of sp³-hybridized carbons (Fsp3) is 0.478. The van der Waals surface area contributed by atoms with Gasteiger partial charge in [-0.3, -0.25) is 9.78 Å². The quantitative estimate of drug-likeness (QED) is 0.539. The van der Waals surface area contributed by atoms with Crippen LogP contribution in [0.15, 0.2) is 35.2 Å². The molecule has 2 heterocycles. The molecule has 0 spiro atoms. The number of hydrogen-bond donors (Lipinski definition) is 2. The van der Waals surface area contributed by atoms with Gasteiger partial charge in [-0.25, -0.2) is 14.2 Å². The van der Waals surface area contributed by atoms with Crippen LogP contribution in [0, 0.1) is 11.7 Å². The molecular weight excluding hydrogens is 479 g/mol. The molecule has 0 saturated heterocycles. The Kier molecular flexibility index (Phi) is 7.48. The summed E-state index contributed by atoms with van der Waals surface area (Å²) in [5.41, 5.74) is 1.05. The molecule has 0 aliphatic heterocycles. The summed E-state index contributed by atoms with van der Waals surface area (Å²) in [6, 6.07) is 4.36. The van der Waals surface area contributed by atoms with Crippen LogP contribution in [-0.2, 0) is 4.74 Å². The highest BCUT2D eigenvalue weighted by atomic mass is 79.9. The number of halogens is 2. The summed E-state index contributed by atoms with van der Waals surface area (Å²) < 4.78 is 18.8. The number of pyridine rings is 2. The van der Waals surface area contributed by atoms with Crippen LogP contribution in [0.4, 0.5) is 14.9 Å². The van der Waals surface area contributed by atoms with E-state index < -0.39 is 23.4 Å². The van der Waals surface area contributed by atoms with Gasteiger partial charge in [0.25, 0.3) is 5.91 Å². The predicted octanol–water partition coefficient (Wildman–Crippen LogP) is 5.43. The fourth-order valence-corrected chi connectivity index (χ4v) is 4.37. The molecule has 1 aliphatic rings. The van der Waals surface area contributed by atoms with Crippen LogP contribution >= 0.6 is 15.9 Å². The number of hydrogen-bond acceptors (Lipinski definition) is 5. The van der Waals surface area contributed by atoms with Gasteiger partial charge in [0.1, 0.15) is 15.9 Å². The molecule has 1 aliphatic carbocycles. The van der Waals surface area contributed by atoms with Crippen molar-refractivity contribution < 1.29 is 18.7 Å². The van der Waals surface area contributed by atoms with E-state index in [-0.39, 0.29) is 22.3 Å². The fourth-order valence-electron chi connectivity index (χ4n) is 4.05. The van der Waals surface area contributed by atoms with E-state index in [1.54, 1.807) is 12.4 Å². The van der Waals surface area contributed by atoms with Crippen molar-refractivity contribution >= 4 is 33.6 Å². The van der Waals surface area contributed by atoms with Crippen LogP contribution < -0.4 is 10.6 Å². The zero-order chi connectivity index (χ0) is 23.5. The molecule has 2 amide bonds. The maximum atomic E-state index is 13.5. The van der Waals surface area contributed by atoms with Crippen molar-refractivity contribution in [1.29, 1.82) is 0 Å². The van der Waals surface area contributed by atoms with Gasteiger partial charge in [0.15, 0.2) is 5.82 Å². The molecule has 3 atom stereocenters. The van der Waals surface area contributed by atoms with Gasteiger partial charge < -0.3 is 15.4 Å². The highest BCUT2D eigenvalue weighted by Crippen LogP contribution is 2.39. The normalized spacial score (nSPS) is 21.0. The lowest BCUT2D eigenvalue weighted by Gasteiger charge is -2.35. The molecule has 7 nitrogen and oxygen atoms in total. The van der Waals surface area contributed by atoms with Crippen molar-refractivity contribution in [1.82, 2.24) is 15.3 Å². The summed E-state index contributed by atoms with van der Waals surface area (Å²) in [5.74, 6) is -0.499. The molecule has 2 aromatic heterocycles. The lowest BCUT2D eigenvalue weighted by atomic mass is 9.76. The van der Waals surface area contributed by atoms with Gasteiger partial charge in [0.05, 0.1) is 11.9 Å². The maximum absolute atomic E-state index is 13.5. The van der Waals surface area contributed by atoms with Crippen molar-refractivity contribution in [3.05, 3.63) is 52.3 Å². The number of nitrogens with one attached hydrogen (secondary N) is 2. The van der Waals surface area contributed by atoms with Gasteiger partial charge in [-0.1, -0.05) is 6.92 Å². The van der Waals surface area contributed by atoms with E-state index in [1.165, 1.54) is 12.1 Å². The summed E-state index contributed by atoms with van der Waals surface area (Å²) >= 11 is 3.00. The van der Waals surface area contributed by atoms with Crippen molar-refractivity contribution in [2.24, 2.45) is 5.92 Å². The smallest absolute Gasteiger partial charge is 0.407 e. The minimum Gasteiger partial charge on any atom is -0.444 e. The average Bonchev–Trinajstić information content (AvgIpc) is 2.68. The number of alkyl carbamates (subject to hydrolysis) is 1. The van der Waals surface area contributed by atoms with Crippen molar-refractivity contribution in [3.63, 3.8) is 0 Å². The number of rotatable bonds is 4. The first kappa shape index (κ1) is 24.1. The Balaban J connectivity index is 1.75. The zero-order valence-electron chi connectivity index (χ0n) is 18.6. The predicted molar refractivity (Wildman–Crippen MR) is 123 cm³/mol. The van der Waals surface area contributed by atoms with Gasteiger partial charge in [0, 0.05) is 12.2 Å². The Morgan fingerprint density at radius 2 is 1.94 bits per heavy atom. The molecule has 0 bridgehead atoms. The first-order valence-corrected chi connectivity index (χ1v) is 11.4. The first-order valence-electron chi connectivity index (χ1n) is 10.6. The number of nitrogens with zero attached hydrogens (tertiary/aromatic N) is 2. The van der Waals surface area contributed by atoms with Crippen LogP contribution in [0.2, 0.25) is 0 Å². The minimum atomic E-state index is -0.560. The molecule has 32 heavy (non-hydrogen) atoms. The van der Waals surface area contributed by atoms with E-state index in [1.807, 2.05) is 26.8 Å². The van der Waals surface area contributed by atoms with Gasteiger partial charge in [-0.15, -0.1) is 0 Å². The third kappa shape index (κ3) is 6.48. The van der Waals surface area contributed by atoms with Crippen molar-refractivity contribution in [2.45, 2.75) is 64.5 Å². The number of amides is 2. The number of aromatic nitrogens is 2. The zero-order valence-corrected chi connectivity index (χ0v) is 20.2. The number of ether oxygens (including phenoxy) is 1. The van der Waals surface area contributed by atoms with Crippen molar-refractivity contribution in [2.75, 3.05) is 5.32 Å². The van der Waals surface area contributed by atoms with E-state index in [0.29, 0.717) is 11.6 Å². The lowest BCUT2D eigenvalue weighted by Crippen LogP contribution is -2.42. The Morgan fingerprint density at radius 3 is 2.62 bits per heavy atom. The van der Waals surface area contributed by atoms with E-state index in [0.717, 1.165) is 24.8 Å². The molecule has 1 fully saturated rings.